The van der Waals surface area contributed by atoms with Crippen molar-refractivity contribution in [2.45, 2.75) is 32.1 Å². The van der Waals surface area contributed by atoms with Gasteiger partial charge in [-0.1, -0.05) is 12.6 Å². The summed E-state index contributed by atoms with van der Waals surface area (Å²) in [4.78, 5) is 23.4. The zero-order chi connectivity index (χ0) is 23.9. The Bertz CT molecular complexity index is 923. The number of methoxy groups -OCH3 is 1. The Labute approximate surface area is 194 Å². The van der Waals surface area contributed by atoms with Gasteiger partial charge in [-0.25, -0.2) is 9.59 Å². The van der Waals surface area contributed by atoms with Crippen molar-refractivity contribution in [1.82, 2.24) is 0 Å². The number of esters is 2. The molecule has 0 saturated carbocycles. The number of hydrogen-bond acceptors (Lipinski definition) is 7. The summed E-state index contributed by atoms with van der Waals surface area (Å²) < 4.78 is 21.2. The number of carbonyl (C=O) groups is 2. The molecule has 0 radical (unpaired) electrons. The number of nitrogens with one attached hydrogen (secondary N) is 1. The van der Waals surface area contributed by atoms with Gasteiger partial charge in [0.1, 0.15) is 11.5 Å². The van der Waals surface area contributed by atoms with Crippen LogP contribution >= 0.6 is 0 Å². The van der Waals surface area contributed by atoms with Gasteiger partial charge in [0.05, 0.1) is 25.4 Å². The lowest BCUT2D eigenvalue weighted by atomic mass is 10.1. The number of rotatable bonds is 15. The van der Waals surface area contributed by atoms with Crippen molar-refractivity contribution < 1.29 is 28.5 Å². The second-order valence-corrected chi connectivity index (χ2v) is 7.31. The Kier molecular flexibility index (Phi) is 11.4. The molecule has 0 aliphatic carbocycles. The molecule has 0 aliphatic heterocycles. The highest BCUT2D eigenvalue weighted by atomic mass is 16.5. The maximum absolute atomic E-state index is 12.5. The van der Waals surface area contributed by atoms with Gasteiger partial charge in [0, 0.05) is 25.0 Å². The van der Waals surface area contributed by atoms with Crippen molar-refractivity contribution in [3.8, 4) is 11.5 Å². The second kappa shape index (κ2) is 14.6. The summed E-state index contributed by atoms with van der Waals surface area (Å²) in [7, 11) is 1.64. The molecule has 0 heterocycles. The van der Waals surface area contributed by atoms with Crippen LogP contribution in [0.3, 0.4) is 0 Å². The highest BCUT2D eigenvalue weighted by Crippen LogP contribution is 2.21. The van der Waals surface area contributed by atoms with Crippen LogP contribution < -0.4 is 9.47 Å². The molecule has 0 aliphatic rings. The van der Waals surface area contributed by atoms with Gasteiger partial charge < -0.3 is 24.4 Å². The lowest BCUT2D eigenvalue weighted by Gasteiger charge is -2.10. The SMILES string of the molecule is C=CC(=O)OCCCCCCOc1ccc(C(=O)Oc2ccc(CCOC)cc2C=N)cc1. The first-order valence-corrected chi connectivity index (χ1v) is 10.9. The summed E-state index contributed by atoms with van der Waals surface area (Å²) in [6.45, 7) is 4.90. The molecule has 1 N–H and O–H groups in total. The molecule has 2 aromatic rings. The van der Waals surface area contributed by atoms with E-state index in [4.69, 9.17) is 24.4 Å². The molecule has 0 unspecified atom stereocenters. The van der Waals surface area contributed by atoms with E-state index in [1.54, 1.807) is 37.4 Å². The smallest absolute Gasteiger partial charge is 0.343 e. The molecule has 0 saturated heterocycles. The topological polar surface area (TPSA) is 94.9 Å². The number of ether oxygens (including phenoxy) is 4. The monoisotopic (exact) mass is 453 g/mol. The Morgan fingerprint density at radius 2 is 1.70 bits per heavy atom. The maximum atomic E-state index is 12.5. The summed E-state index contributed by atoms with van der Waals surface area (Å²) in [6, 6.07) is 12.2. The predicted molar refractivity (Wildman–Crippen MR) is 126 cm³/mol. The van der Waals surface area contributed by atoms with Gasteiger partial charge >= 0.3 is 11.9 Å². The fourth-order valence-corrected chi connectivity index (χ4v) is 3.00. The average Bonchev–Trinajstić information content (AvgIpc) is 2.85. The summed E-state index contributed by atoms with van der Waals surface area (Å²) >= 11 is 0. The highest BCUT2D eigenvalue weighted by Gasteiger charge is 2.12. The summed E-state index contributed by atoms with van der Waals surface area (Å²) in [6.07, 6.45) is 6.66. The summed E-state index contributed by atoms with van der Waals surface area (Å²) in [5, 5.41) is 7.60. The molecular formula is C26H31NO6. The minimum atomic E-state index is -0.494. The van der Waals surface area contributed by atoms with E-state index in [1.807, 2.05) is 12.1 Å². The predicted octanol–water partition coefficient (Wildman–Crippen LogP) is 4.76. The van der Waals surface area contributed by atoms with Gasteiger partial charge in [0.2, 0.25) is 0 Å². The van der Waals surface area contributed by atoms with Gasteiger partial charge in [0.25, 0.3) is 0 Å². The molecular weight excluding hydrogens is 422 g/mol. The number of hydrogen-bond donors (Lipinski definition) is 1. The number of benzene rings is 2. The van der Waals surface area contributed by atoms with Crippen LogP contribution in [-0.2, 0) is 20.7 Å². The molecule has 0 fully saturated rings. The molecule has 176 valence electrons. The largest absolute Gasteiger partial charge is 0.494 e. The van der Waals surface area contributed by atoms with Gasteiger partial charge in [-0.15, -0.1) is 0 Å². The molecule has 2 rings (SSSR count). The third kappa shape index (κ3) is 9.29. The lowest BCUT2D eigenvalue weighted by Crippen LogP contribution is -2.10. The van der Waals surface area contributed by atoms with Crippen molar-refractivity contribution in [2.75, 3.05) is 26.9 Å². The van der Waals surface area contributed by atoms with Crippen LogP contribution in [0.5, 0.6) is 11.5 Å². The Morgan fingerprint density at radius 3 is 2.36 bits per heavy atom. The summed E-state index contributed by atoms with van der Waals surface area (Å²) in [5.74, 6) is 0.132. The minimum absolute atomic E-state index is 0.343. The van der Waals surface area contributed by atoms with Crippen LogP contribution in [0, 0.1) is 5.41 Å². The standard InChI is InChI=1S/C26H31NO6/c1-3-25(28)32-16-7-5-4-6-15-31-23-11-9-21(10-12-23)26(29)33-24-13-8-20(14-17-30-2)18-22(24)19-27/h3,8-13,18-19,27H,1,4-7,14-17H2,2H3. The third-order valence-electron chi connectivity index (χ3n) is 4.84. The van der Waals surface area contributed by atoms with Gasteiger partial charge in [-0.3, -0.25) is 0 Å². The Morgan fingerprint density at radius 1 is 0.970 bits per heavy atom. The number of unbranched alkanes of at least 4 members (excludes halogenated alkanes) is 3. The Balaban J connectivity index is 1.76. The van der Waals surface area contributed by atoms with E-state index in [1.165, 1.54) is 6.21 Å². The van der Waals surface area contributed by atoms with Gasteiger partial charge in [0.15, 0.2) is 0 Å². The normalized spacial score (nSPS) is 10.3. The van der Waals surface area contributed by atoms with E-state index in [0.717, 1.165) is 43.7 Å². The minimum Gasteiger partial charge on any atom is -0.494 e. The van der Waals surface area contributed by atoms with Crippen molar-refractivity contribution in [2.24, 2.45) is 0 Å². The maximum Gasteiger partial charge on any atom is 0.343 e. The fourth-order valence-electron chi connectivity index (χ4n) is 3.00. The molecule has 0 bridgehead atoms. The van der Waals surface area contributed by atoms with Crippen LogP contribution in [0.2, 0.25) is 0 Å². The molecule has 2 aromatic carbocycles. The average molecular weight is 454 g/mol. The van der Waals surface area contributed by atoms with E-state index >= 15 is 0 Å². The lowest BCUT2D eigenvalue weighted by molar-refractivity contribution is -0.137. The van der Waals surface area contributed by atoms with Crippen molar-refractivity contribution in [1.29, 1.82) is 5.41 Å². The fraction of sp³-hybridized carbons (Fsp3) is 0.346. The van der Waals surface area contributed by atoms with Crippen LogP contribution in [0.1, 0.15) is 47.2 Å². The van der Waals surface area contributed by atoms with E-state index < -0.39 is 11.9 Å². The molecule has 0 atom stereocenters. The zero-order valence-corrected chi connectivity index (χ0v) is 19.0. The summed E-state index contributed by atoms with van der Waals surface area (Å²) in [5.41, 5.74) is 1.94. The molecule has 7 heteroatoms. The first-order chi connectivity index (χ1) is 16.1. The van der Waals surface area contributed by atoms with E-state index in [0.29, 0.717) is 42.4 Å². The molecule has 0 spiro atoms. The van der Waals surface area contributed by atoms with E-state index in [2.05, 4.69) is 6.58 Å². The van der Waals surface area contributed by atoms with Crippen LogP contribution in [0.15, 0.2) is 55.1 Å². The van der Waals surface area contributed by atoms with Crippen molar-refractivity contribution >= 4 is 18.2 Å². The number of carbonyl (C=O) groups excluding carboxylic acids is 2. The zero-order valence-electron chi connectivity index (χ0n) is 19.0. The molecule has 0 amide bonds. The quantitative estimate of drug-likeness (QED) is 0.137. The molecule has 7 nitrogen and oxygen atoms in total. The van der Waals surface area contributed by atoms with Crippen LogP contribution in [-0.4, -0.2) is 45.1 Å². The molecule has 33 heavy (non-hydrogen) atoms. The first kappa shape index (κ1) is 25.8. The van der Waals surface area contributed by atoms with Crippen LogP contribution in [0.25, 0.3) is 0 Å². The van der Waals surface area contributed by atoms with Crippen molar-refractivity contribution in [3.05, 3.63) is 71.8 Å². The first-order valence-electron chi connectivity index (χ1n) is 10.9. The van der Waals surface area contributed by atoms with Gasteiger partial charge in [-0.05, 0) is 74.1 Å². The van der Waals surface area contributed by atoms with Crippen LogP contribution in [0.4, 0.5) is 0 Å². The highest BCUT2D eigenvalue weighted by molar-refractivity contribution is 5.93. The van der Waals surface area contributed by atoms with E-state index in [9.17, 15) is 9.59 Å². The molecule has 0 aromatic heterocycles. The van der Waals surface area contributed by atoms with E-state index in [-0.39, 0.29) is 0 Å². The van der Waals surface area contributed by atoms with Gasteiger partial charge in [-0.2, -0.15) is 0 Å². The third-order valence-corrected chi connectivity index (χ3v) is 4.84. The second-order valence-electron chi connectivity index (χ2n) is 7.31. The Hall–Kier alpha value is -3.45. The van der Waals surface area contributed by atoms with Crippen molar-refractivity contribution in [3.63, 3.8) is 0 Å².